The lowest BCUT2D eigenvalue weighted by Crippen LogP contribution is -2.50. The molecule has 1 fully saturated rings. The Bertz CT molecular complexity index is 324. The molecule has 7 nitrogen and oxygen atoms in total. The van der Waals surface area contributed by atoms with Crippen LogP contribution in [0.3, 0.4) is 0 Å². The second kappa shape index (κ2) is 6.14. The Morgan fingerprint density at radius 3 is 2.56 bits per heavy atom. The first-order chi connectivity index (χ1) is 7.52. The van der Waals surface area contributed by atoms with E-state index in [1.807, 2.05) is 0 Å². The van der Waals surface area contributed by atoms with Gasteiger partial charge in [-0.2, -0.15) is 12.7 Å². The van der Waals surface area contributed by atoms with Gasteiger partial charge >= 0.3 is 0 Å². The Hall–Kier alpha value is -0.700. The van der Waals surface area contributed by atoms with E-state index < -0.39 is 16.1 Å². The van der Waals surface area contributed by atoms with Crippen LogP contribution in [-0.2, 0) is 15.0 Å². The summed E-state index contributed by atoms with van der Waals surface area (Å²) in [5, 5.41) is 3.07. The van der Waals surface area contributed by atoms with E-state index >= 15 is 0 Å². The number of amides is 1. The maximum Gasteiger partial charge on any atom is 0.279 e. The van der Waals surface area contributed by atoms with Gasteiger partial charge in [-0.05, 0) is 6.42 Å². The SMILES string of the molecule is NC(=O)CCCNS(=O)(=O)N1CCNCC1. The van der Waals surface area contributed by atoms with Gasteiger partial charge < -0.3 is 11.1 Å². The average molecular weight is 250 g/mol. The minimum absolute atomic E-state index is 0.198. The summed E-state index contributed by atoms with van der Waals surface area (Å²) in [5.74, 6) is -0.415. The van der Waals surface area contributed by atoms with Crippen LogP contribution in [0.4, 0.5) is 0 Å². The Morgan fingerprint density at radius 1 is 1.38 bits per heavy atom. The topological polar surface area (TPSA) is 105 Å². The van der Waals surface area contributed by atoms with E-state index in [-0.39, 0.29) is 13.0 Å². The van der Waals surface area contributed by atoms with Crippen LogP contribution in [0, 0.1) is 0 Å². The molecule has 0 aromatic carbocycles. The van der Waals surface area contributed by atoms with Crippen LogP contribution in [0.25, 0.3) is 0 Å². The third-order valence-electron chi connectivity index (χ3n) is 2.30. The largest absolute Gasteiger partial charge is 0.370 e. The van der Waals surface area contributed by atoms with Crippen LogP contribution in [-0.4, -0.2) is 51.4 Å². The molecule has 1 amide bonds. The first kappa shape index (κ1) is 13.4. The van der Waals surface area contributed by atoms with Gasteiger partial charge in [0.2, 0.25) is 5.91 Å². The summed E-state index contributed by atoms with van der Waals surface area (Å²) in [6.45, 7) is 2.54. The number of primary amides is 1. The lowest BCUT2D eigenvalue weighted by Gasteiger charge is -2.26. The molecule has 94 valence electrons. The smallest absolute Gasteiger partial charge is 0.279 e. The lowest BCUT2D eigenvalue weighted by atomic mass is 10.3. The van der Waals surface area contributed by atoms with Crippen molar-refractivity contribution in [2.24, 2.45) is 5.73 Å². The molecule has 0 atom stereocenters. The van der Waals surface area contributed by atoms with Crippen molar-refractivity contribution < 1.29 is 13.2 Å². The Balaban J connectivity index is 2.30. The molecule has 0 aliphatic carbocycles. The van der Waals surface area contributed by atoms with Gasteiger partial charge in [0, 0.05) is 39.1 Å². The van der Waals surface area contributed by atoms with E-state index in [4.69, 9.17) is 5.73 Å². The Labute approximate surface area is 95.5 Å². The van der Waals surface area contributed by atoms with Crippen LogP contribution in [0.15, 0.2) is 0 Å². The summed E-state index contributed by atoms with van der Waals surface area (Å²) >= 11 is 0. The quantitative estimate of drug-likeness (QED) is 0.474. The van der Waals surface area contributed by atoms with Crippen molar-refractivity contribution in [2.45, 2.75) is 12.8 Å². The maximum atomic E-state index is 11.7. The second-order valence-corrected chi connectivity index (χ2v) is 5.37. The highest BCUT2D eigenvalue weighted by molar-refractivity contribution is 7.87. The molecule has 0 radical (unpaired) electrons. The summed E-state index contributed by atoms with van der Waals surface area (Å²) in [6.07, 6.45) is 0.630. The summed E-state index contributed by atoms with van der Waals surface area (Å²) in [4.78, 5) is 10.5. The molecule has 0 spiro atoms. The normalized spacial score (nSPS) is 18.5. The summed E-state index contributed by atoms with van der Waals surface area (Å²) in [5.41, 5.74) is 4.95. The third-order valence-corrected chi connectivity index (χ3v) is 3.91. The summed E-state index contributed by atoms with van der Waals surface area (Å²) in [7, 11) is -3.39. The van der Waals surface area contributed by atoms with Crippen molar-refractivity contribution in [3.05, 3.63) is 0 Å². The molecule has 0 unspecified atom stereocenters. The van der Waals surface area contributed by atoms with Crippen LogP contribution in [0.2, 0.25) is 0 Å². The molecule has 0 saturated carbocycles. The summed E-state index contributed by atoms with van der Waals surface area (Å²) in [6, 6.07) is 0. The molecule has 4 N–H and O–H groups in total. The number of nitrogens with zero attached hydrogens (tertiary/aromatic N) is 1. The van der Waals surface area contributed by atoms with Gasteiger partial charge in [0.15, 0.2) is 0 Å². The van der Waals surface area contributed by atoms with Gasteiger partial charge in [0.25, 0.3) is 10.2 Å². The molecule has 1 saturated heterocycles. The van der Waals surface area contributed by atoms with Gasteiger partial charge in [-0.1, -0.05) is 0 Å². The fourth-order valence-corrected chi connectivity index (χ4v) is 2.69. The molecule has 16 heavy (non-hydrogen) atoms. The number of piperazine rings is 1. The Kier molecular flexibility index (Phi) is 5.13. The first-order valence-electron chi connectivity index (χ1n) is 5.26. The lowest BCUT2D eigenvalue weighted by molar-refractivity contribution is -0.118. The highest BCUT2D eigenvalue weighted by Gasteiger charge is 2.22. The number of rotatable bonds is 6. The molecule has 1 aliphatic heterocycles. The highest BCUT2D eigenvalue weighted by Crippen LogP contribution is 2.00. The number of hydrogen-bond donors (Lipinski definition) is 3. The zero-order valence-electron chi connectivity index (χ0n) is 9.11. The van der Waals surface area contributed by atoms with Crippen molar-refractivity contribution in [3.63, 3.8) is 0 Å². The van der Waals surface area contributed by atoms with Crippen molar-refractivity contribution in [1.29, 1.82) is 0 Å². The second-order valence-electron chi connectivity index (χ2n) is 3.62. The standard InChI is InChI=1S/C8H18N4O3S/c9-8(13)2-1-3-11-16(14,15)12-6-4-10-5-7-12/h10-11H,1-7H2,(H2,9,13). The molecule has 0 bridgehead atoms. The van der Waals surface area contributed by atoms with E-state index in [2.05, 4.69) is 10.0 Å². The minimum atomic E-state index is -3.39. The van der Waals surface area contributed by atoms with E-state index in [1.165, 1.54) is 4.31 Å². The number of carbonyl (C=O) groups is 1. The zero-order chi connectivity index (χ0) is 12.0. The monoisotopic (exact) mass is 250 g/mol. The number of hydrogen-bond acceptors (Lipinski definition) is 4. The van der Waals surface area contributed by atoms with E-state index in [1.54, 1.807) is 0 Å². The number of nitrogens with one attached hydrogen (secondary N) is 2. The van der Waals surface area contributed by atoms with Crippen LogP contribution in [0.1, 0.15) is 12.8 Å². The van der Waals surface area contributed by atoms with Gasteiger partial charge in [0.05, 0.1) is 0 Å². The molecule has 1 aliphatic rings. The van der Waals surface area contributed by atoms with Crippen LogP contribution >= 0.6 is 0 Å². The highest BCUT2D eigenvalue weighted by atomic mass is 32.2. The van der Waals surface area contributed by atoms with Gasteiger partial charge in [0.1, 0.15) is 0 Å². The van der Waals surface area contributed by atoms with Crippen LogP contribution < -0.4 is 15.8 Å². The van der Waals surface area contributed by atoms with E-state index in [0.717, 1.165) is 0 Å². The summed E-state index contributed by atoms with van der Waals surface area (Å²) < 4.78 is 27.2. The molecule has 1 rings (SSSR count). The van der Waals surface area contributed by atoms with Crippen molar-refractivity contribution in [2.75, 3.05) is 32.7 Å². The van der Waals surface area contributed by atoms with E-state index in [0.29, 0.717) is 32.6 Å². The van der Waals surface area contributed by atoms with Gasteiger partial charge in [-0.3, -0.25) is 4.79 Å². The van der Waals surface area contributed by atoms with Crippen molar-refractivity contribution >= 4 is 16.1 Å². The number of nitrogens with two attached hydrogens (primary N) is 1. The van der Waals surface area contributed by atoms with Crippen molar-refractivity contribution in [1.82, 2.24) is 14.3 Å². The molecular weight excluding hydrogens is 232 g/mol. The predicted octanol–water partition coefficient (Wildman–Crippen LogP) is -2.01. The molecular formula is C8H18N4O3S. The number of carbonyl (C=O) groups excluding carboxylic acids is 1. The predicted molar refractivity (Wildman–Crippen MR) is 59.8 cm³/mol. The van der Waals surface area contributed by atoms with Gasteiger partial charge in [-0.25, -0.2) is 4.72 Å². The van der Waals surface area contributed by atoms with Crippen molar-refractivity contribution in [3.8, 4) is 0 Å². The van der Waals surface area contributed by atoms with E-state index in [9.17, 15) is 13.2 Å². The fraction of sp³-hybridized carbons (Fsp3) is 0.875. The average Bonchev–Trinajstić information content (AvgIpc) is 2.26. The first-order valence-corrected chi connectivity index (χ1v) is 6.70. The molecule has 1 heterocycles. The third kappa shape index (κ3) is 4.44. The maximum absolute atomic E-state index is 11.7. The van der Waals surface area contributed by atoms with Gasteiger partial charge in [-0.15, -0.1) is 0 Å². The Morgan fingerprint density at radius 2 is 2.00 bits per heavy atom. The molecule has 0 aromatic heterocycles. The zero-order valence-corrected chi connectivity index (χ0v) is 9.92. The minimum Gasteiger partial charge on any atom is -0.370 e. The molecule has 8 heteroatoms. The molecule has 0 aromatic rings. The fourth-order valence-electron chi connectivity index (χ4n) is 1.44. The van der Waals surface area contributed by atoms with Crippen LogP contribution in [0.5, 0.6) is 0 Å².